The molecule has 3 N–H and O–H groups in total. The first-order valence-corrected chi connectivity index (χ1v) is 43.6. The van der Waals surface area contributed by atoms with Crippen LogP contribution in [0.5, 0.6) is 0 Å². The molecule has 0 saturated heterocycles. The molecule has 0 aromatic rings. The van der Waals surface area contributed by atoms with Gasteiger partial charge in [-0.05, 0) is 57.8 Å². The fraction of sp³-hybridized carbons (Fsp3) is 0.932. The molecule has 94 heavy (non-hydrogen) atoms. The molecule has 0 aromatic carbocycles. The second-order valence-electron chi connectivity index (χ2n) is 30.2. The van der Waals surface area contributed by atoms with Crippen molar-refractivity contribution in [2.24, 2.45) is 0 Å². The van der Waals surface area contributed by atoms with Gasteiger partial charge in [0.25, 0.3) is 0 Å². The molecule has 558 valence electrons. The molecule has 2 unspecified atom stereocenters. The average molecular weight is 1320 g/mol. The van der Waals surface area contributed by atoms with Crippen molar-refractivity contribution in [1.29, 1.82) is 0 Å². The molecule has 0 aliphatic rings. The summed E-state index contributed by atoms with van der Waals surface area (Å²) in [5.74, 6) is -0.00538. The van der Waals surface area contributed by atoms with Crippen LogP contribution in [0.1, 0.15) is 502 Å². The highest BCUT2D eigenvalue weighted by molar-refractivity contribution is 5.76. The Morgan fingerprint density at radius 3 is 0.819 bits per heavy atom. The predicted molar refractivity (Wildman–Crippen MR) is 417 cm³/mol. The van der Waals surface area contributed by atoms with Crippen molar-refractivity contribution in [2.45, 2.75) is 514 Å². The molecular weight excluding hydrogens is 1150 g/mol. The SMILES string of the molecule is CCCCCC/C=C\C/C=C\CCCCCCCCCC(=O)OCCCCCCCCCCCCCCCCCCCCCCCCCCCCCCCCCCCCCCCCCC(=O)NC(CO)C(O)CCCCCCCCCCCCCCCCCCCCCC. The molecule has 0 spiro atoms. The summed E-state index contributed by atoms with van der Waals surface area (Å²) in [4.78, 5) is 24.7. The minimum absolute atomic E-state index is 0.0178. The summed E-state index contributed by atoms with van der Waals surface area (Å²) < 4.78 is 5.52. The van der Waals surface area contributed by atoms with Gasteiger partial charge in [0.1, 0.15) is 0 Å². The molecule has 2 atom stereocenters. The molecule has 6 nitrogen and oxygen atoms in total. The number of carbonyl (C=O) groups is 2. The first-order valence-electron chi connectivity index (χ1n) is 43.6. The Hall–Kier alpha value is -1.66. The van der Waals surface area contributed by atoms with Crippen molar-refractivity contribution < 1.29 is 24.5 Å². The van der Waals surface area contributed by atoms with Crippen molar-refractivity contribution in [2.75, 3.05) is 13.2 Å². The average Bonchev–Trinajstić information content (AvgIpc) is 3.37. The lowest BCUT2D eigenvalue weighted by Crippen LogP contribution is -2.45. The van der Waals surface area contributed by atoms with Crippen molar-refractivity contribution in [3.05, 3.63) is 24.3 Å². The number of nitrogens with one attached hydrogen (secondary N) is 1. The molecule has 0 rings (SSSR count). The van der Waals surface area contributed by atoms with Gasteiger partial charge < -0.3 is 20.3 Å². The summed E-state index contributed by atoms with van der Waals surface area (Å²) in [6.07, 6.45) is 109. The second kappa shape index (κ2) is 83.8. The smallest absolute Gasteiger partial charge is 0.305 e. The zero-order chi connectivity index (χ0) is 67.7. The van der Waals surface area contributed by atoms with Gasteiger partial charge in [0.05, 0.1) is 25.4 Å². The molecule has 0 fully saturated rings. The van der Waals surface area contributed by atoms with Crippen molar-refractivity contribution in [3.63, 3.8) is 0 Å². The van der Waals surface area contributed by atoms with Crippen LogP contribution in [0.3, 0.4) is 0 Å². The van der Waals surface area contributed by atoms with Gasteiger partial charge in [0.2, 0.25) is 5.91 Å². The number of aliphatic hydroxyl groups is 2. The molecule has 0 aliphatic heterocycles. The minimum Gasteiger partial charge on any atom is -0.466 e. The van der Waals surface area contributed by atoms with E-state index in [1.165, 1.54) is 417 Å². The Bertz CT molecular complexity index is 1480. The van der Waals surface area contributed by atoms with Crippen LogP contribution in [-0.4, -0.2) is 47.4 Å². The van der Waals surface area contributed by atoms with Crippen LogP contribution in [0.2, 0.25) is 0 Å². The van der Waals surface area contributed by atoms with Crippen LogP contribution in [-0.2, 0) is 14.3 Å². The minimum atomic E-state index is -0.661. The number of esters is 1. The zero-order valence-electron chi connectivity index (χ0n) is 64.2. The highest BCUT2D eigenvalue weighted by Gasteiger charge is 2.20. The van der Waals surface area contributed by atoms with E-state index < -0.39 is 12.1 Å². The normalized spacial score (nSPS) is 12.5. The largest absolute Gasteiger partial charge is 0.466 e. The molecule has 0 saturated carbocycles. The Balaban J connectivity index is 3.29. The maximum atomic E-state index is 12.6. The first-order chi connectivity index (χ1) is 46.5. The number of aliphatic hydroxyl groups excluding tert-OH is 2. The van der Waals surface area contributed by atoms with Crippen LogP contribution >= 0.6 is 0 Å². The van der Waals surface area contributed by atoms with E-state index in [1.54, 1.807) is 0 Å². The summed E-state index contributed by atoms with van der Waals surface area (Å²) >= 11 is 0. The van der Waals surface area contributed by atoms with E-state index in [-0.39, 0.29) is 18.5 Å². The second-order valence-corrected chi connectivity index (χ2v) is 30.2. The summed E-state index contributed by atoms with van der Waals surface area (Å²) in [7, 11) is 0. The van der Waals surface area contributed by atoms with Gasteiger partial charge in [-0.25, -0.2) is 0 Å². The Morgan fingerprint density at radius 1 is 0.298 bits per heavy atom. The third-order valence-corrected chi connectivity index (χ3v) is 20.8. The van der Waals surface area contributed by atoms with Crippen LogP contribution < -0.4 is 5.32 Å². The summed E-state index contributed by atoms with van der Waals surface area (Å²) in [5.41, 5.74) is 0. The quantitative estimate of drug-likeness (QED) is 0.0320. The number of amides is 1. The number of allylic oxidation sites excluding steroid dienone is 4. The Kier molecular flexibility index (Phi) is 82.3. The highest BCUT2D eigenvalue weighted by Crippen LogP contribution is 2.21. The first kappa shape index (κ1) is 92.3. The van der Waals surface area contributed by atoms with Crippen molar-refractivity contribution in [3.8, 4) is 0 Å². The molecule has 0 heterocycles. The van der Waals surface area contributed by atoms with Gasteiger partial charge >= 0.3 is 5.97 Å². The fourth-order valence-corrected chi connectivity index (χ4v) is 14.1. The van der Waals surface area contributed by atoms with E-state index >= 15 is 0 Å². The molecule has 0 bridgehead atoms. The summed E-state index contributed by atoms with van der Waals surface area (Å²) in [6.45, 7) is 4.99. The van der Waals surface area contributed by atoms with E-state index in [9.17, 15) is 19.8 Å². The number of ether oxygens (including phenoxy) is 1. The Labute approximate surface area is 590 Å². The summed E-state index contributed by atoms with van der Waals surface area (Å²) in [5, 5.41) is 23.5. The van der Waals surface area contributed by atoms with Crippen molar-refractivity contribution in [1.82, 2.24) is 5.32 Å². The number of unbranched alkanes of at least 4 members (excludes halogenated alkanes) is 68. The molecule has 0 radical (unpaired) electrons. The third-order valence-electron chi connectivity index (χ3n) is 20.8. The fourth-order valence-electron chi connectivity index (χ4n) is 14.1. The lowest BCUT2D eigenvalue weighted by molar-refractivity contribution is -0.143. The van der Waals surface area contributed by atoms with Gasteiger partial charge in [0, 0.05) is 12.8 Å². The van der Waals surface area contributed by atoms with Crippen molar-refractivity contribution >= 4 is 11.9 Å². The molecule has 1 amide bonds. The van der Waals surface area contributed by atoms with Crippen LogP contribution in [0.15, 0.2) is 24.3 Å². The van der Waals surface area contributed by atoms with Gasteiger partial charge in [-0.3, -0.25) is 9.59 Å². The number of hydrogen-bond acceptors (Lipinski definition) is 5. The van der Waals surface area contributed by atoms with Gasteiger partial charge in [-0.1, -0.05) is 456 Å². The van der Waals surface area contributed by atoms with E-state index in [1.807, 2.05) is 0 Å². The van der Waals surface area contributed by atoms with E-state index in [0.29, 0.717) is 25.9 Å². The monoisotopic (exact) mass is 1320 g/mol. The van der Waals surface area contributed by atoms with Gasteiger partial charge in [-0.15, -0.1) is 0 Å². The molecule has 6 heteroatoms. The number of rotatable bonds is 83. The third kappa shape index (κ3) is 79.3. The molecular formula is C88H171NO5. The maximum Gasteiger partial charge on any atom is 0.305 e. The summed E-state index contributed by atoms with van der Waals surface area (Å²) in [6, 6.07) is -0.537. The zero-order valence-corrected chi connectivity index (χ0v) is 64.2. The van der Waals surface area contributed by atoms with Gasteiger partial charge in [0.15, 0.2) is 0 Å². The van der Waals surface area contributed by atoms with E-state index in [4.69, 9.17) is 4.74 Å². The van der Waals surface area contributed by atoms with Gasteiger partial charge in [-0.2, -0.15) is 0 Å². The standard InChI is InChI=1S/C88H171NO5/c1-3-5-7-9-11-13-15-17-19-21-23-45-48-52-56-60-64-68-72-76-80-86(91)85(84-90)89-87(92)81-77-73-69-65-61-57-53-49-46-43-41-39-37-35-33-31-29-27-25-24-26-28-30-32-34-36-38-40-42-44-47-51-55-59-63-67-71-75-79-83-94-88(93)82-78-74-70-66-62-58-54-50-22-20-18-16-14-12-10-8-6-4-2/h14,16,20,22,85-86,90-91H,3-13,15,17-19,21,23-84H2,1-2H3,(H,89,92)/b16-14-,22-20-. The number of carbonyl (C=O) groups excluding carboxylic acids is 2. The predicted octanol–water partition coefficient (Wildman–Crippen LogP) is 29.2. The molecule has 0 aromatic heterocycles. The molecule has 0 aliphatic carbocycles. The van der Waals surface area contributed by atoms with Crippen LogP contribution in [0.4, 0.5) is 0 Å². The lowest BCUT2D eigenvalue weighted by Gasteiger charge is -2.22. The lowest BCUT2D eigenvalue weighted by atomic mass is 10.0. The topological polar surface area (TPSA) is 95.9 Å². The van der Waals surface area contributed by atoms with E-state index in [2.05, 4.69) is 43.5 Å². The Morgan fingerprint density at radius 2 is 0.532 bits per heavy atom. The maximum absolute atomic E-state index is 12.6. The van der Waals surface area contributed by atoms with Crippen LogP contribution in [0.25, 0.3) is 0 Å². The number of hydrogen-bond donors (Lipinski definition) is 3. The highest BCUT2D eigenvalue weighted by atomic mass is 16.5. The van der Waals surface area contributed by atoms with E-state index in [0.717, 1.165) is 51.4 Å². The van der Waals surface area contributed by atoms with Crippen LogP contribution in [0, 0.1) is 0 Å².